The number of hydrogen-bond donors (Lipinski definition) is 0. The van der Waals surface area contributed by atoms with Crippen LogP contribution < -0.4 is 4.74 Å². The van der Waals surface area contributed by atoms with Gasteiger partial charge >= 0.3 is 0 Å². The number of halogens is 1. The van der Waals surface area contributed by atoms with E-state index in [1.54, 1.807) is 24.3 Å². The second-order valence-corrected chi connectivity index (χ2v) is 5.86. The molecular weight excluding hydrogens is 381 g/mol. The summed E-state index contributed by atoms with van der Waals surface area (Å²) in [6.07, 6.45) is 0. The Morgan fingerprint density at radius 2 is 1.48 bits per heavy atom. The maximum Gasteiger partial charge on any atom is 0.261 e. The lowest BCUT2D eigenvalue weighted by molar-refractivity contribution is 0.0631. The van der Waals surface area contributed by atoms with Gasteiger partial charge in [0.2, 0.25) is 0 Å². The van der Waals surface area contributed by atoms with E-state index in [4.69, 9.17) is 4.74 Å². The van der Waals surface area contributed by atoms with Crippen LogP contribution in [-0.4, -0.2) is 29.9 Å². The summed E-state index contributed by atoms with van der Waals surface area (Å²) in [5.74, 6) is 0.232. The molecule has 0 bridgehead atoms. The summed E-state index contributed by atoms with van der Waals surface area (Å²) < 4.78 is 6.69. The number of benzene rings is 2. The lowest BCUT2D eigenvalue weighted by atomic mass is 10.1. The van der Waals surface area contributed by atoms with E-state index in [2.05, 4.69) is 22.6 Å². The first-order valence-electron chi connectivity index (χ1n) is 6.50. The van der Waals surface area contributed by atoms with Crippen LogP contribution in [0.1, 0.15) is 20.7 Å². The van der Waals surface area contributed by atoms with Gasteiger partial charge in [0, 0.05) is 3.57 Å². The highest BCUT2D eigenvalue weighted by molar-refractivity contribution is 14.1. The predicted molar refractivity (Wildman–Crippen MR) is 86.5 cm³/mol. The molecule has 4 nitrogen and oxygen atoms in total. The highest BCUT2D eigenvalue weighted by Gasteiger charge is 2.34. The summed E-state index contributed by atoms with van der Waals surface area (Å²) in [6.45, 7) is 0.532. The van der Waals surface area contributed by atoms with Gasteiger partial charge in [0.05, 0.1) is 17.7 Å². The van der Waals surface area contributed by atoms with Crippen molar-refractivity contribution < 1.29 is 14.3 Å². The van der Waals surface area contributed by atoms with Crippen LogP contribution in [0.15, 0.2) is 48.5 Å². The molecule has 21 heavy (non-hydrogen) atoms. The molecule has 0 atom stereocenters. The van der Waals surface area contributed by atoms with E-state index < -0.39 is 0 Å². The minimum Gasteiger partial charge on any atom is -0.492 e. The van der Waals surface area contributed by atoms with Gasteiger partial charge in [-0.3, -0.25) is 14.5 Å². The monoisotopic (exact) mass is 393 g/mol. The lowest BCUT2D eigenvalue weighted by Gasteiger charge is -2.14. The number of carbonyl (C=O) groups is 2. The van der Waals surface area contributed by atoms with E-state index in [-0.39, 0.29) is 25.0 Å². The summed E-state index contributed by atoms with van der Waals surface area (Å²) >= 11 is 2.22. The Morgan fingerprint density at radius 3 is 2.05 bits per heavy atom. The Bertz CT molecular complexity index is 662. The van der Waals surface area contributed by atoms with Crippen molar-refractivity contribution in [2.45, 2.75) is 0 Å². The lowest BCUT2D eigenvalue weighted by Crippen LogP contribution is -2.33. The standard InChI is InChI=1S/C16H12INO3/c17-11-5-7-12(8-6-11)21-10-9-18-15(19)13-3-1-2-4-14(13)16(18)20/h1-8H,9-10H2. The fourth-order valence-corrected chi connectivity index (χ4v) is 2.59. The highest BCUT2D eigenvalue weighted by Crippen LogP contribution is 2.22. The molecule has 5 heteroatoms. The molecule has 0 aromatic heterocycles. The SMILES string of the molecule is O=C1c2ccccc2C(=O)N1CCOc1ccc(I)cc1. The Morgan fingerprint density at radius 1 is 0.905 bits per heavy atom. The number of hydrogen-bond acceptors (Lipinski definition) is 3. The molecular formula is C16H12INO3. The number of amides is 2. The highest BCUT2D eigenvalue weighted by atomic mass is 127. The first-order chi connectivity index (χ1) is 10.2. The number of carbonyl (C=O) groups excluding carboxylic acids is 2. The molecule has 0 saturated heterocycles. The van der Waals surface area contributed by atoms with Gasteiger partial charge in [0.15, 0.2) is 0 Å². The third kappa shape index (κ3) is 2.78. The summed E-state index contributed by atoms with van der Waals surface area (Å²) in [6, 6.07) is 14.5. The van der Waals surface area contributed by atoms with Crippen molar-refractivity contribution in [1.82, 2.24) is 4.90 Å². The maximum absolute atomic E-state index is 12.1. The van der Waals surface area contributed by atoms with Gasteiger partial charge in [0.25, 0.3) is 11.8 Å². The molecule has 0 radical (unpaired) electrons. The molecule has 3 rings (SSSR count). The molecule has 1 aliphatic heterocycles. The molecule has 2 amide bonds. The average Bonchev–Trinajstić information content (AvgIpc) is 2.75. The molecule has 0 N–H and O–H groups in total. The molecule has 2 aromatic carbocycles. The Labute approximate surface area is 135 Å². The van der Waals surface area contributed by atoms with E-state index in [0.717, 1.165) is 9.32 Å². The Hall–Kier alpha value is -1.89. The van der Waals surface area contributed by atoms with Gasteiger partial charge < -0.3 is 4.74 Å². The van der Waals surface area contributed by atoms with E-state index in [9.17, 15) is 9.59 Å². The van der Waals surface area contributed by atoms with Crippen LogP contribution in [0.5, 0.6) is 5.75 Å². The van der Waals surface area contributed by atoms with Crippen LogP contribution in [0, 0.1) is 3.57 Å². The zero-order valence-electron chi connectivity index (χ0n) is 11.1. The van der Waals surface area contributed by atoms with Crippen molar-refractivity contribution in [3.63, 3.8) is 0 Å². The van der Waals surface area contributed by atoms with Crippen LogP contribution in [0.2, 0.25) is 0 Å². The molecule has 0 spiro atoms. The molecule has 0 fully saturated rings. The van der Waals surface area contributed by atoms with Gasteiger partial charge in [-0.1, -0.05) is 12.1 Å². The molecule has 0 unspecified atom stereocenters. The number of fused-ring (bicyclic) bond motifs is 1. The van der Waals surface area contributed by atoms with E-state index in [1.807, 2.05) is 24.3 Å². The van der Waals surface area contributed by atoms with Crippen LogP contribution in [0.3, 0.4) is 0 Å². The number of ether oxygens (including phenoxy) is 1. The van der Waals surface area contributed by atoms with Gasteiger partial charge in [0.1, 0.15) is 12.4 Å². The number of imide groups is 1. The summed E-state index contributed by atoms with van der Waals surface area (Å²) in [5, 5.41) is 0. The minimum absolute atomic E-state index is 0.248. The Kier molecular flexibility index (Phi) is 3.92. The van der Waals surface area contributed by atoms with Gasteiger partial charge in [-0.25, -0.2) is 0 Å². The van der Waals surface area contributed by atoms with Gasteiger partial charge in [-0.15, -0.1) is 0 Å². The average molecular weight is 393 g/mol. The zero-order chi connectivity index (χ0) is 14.8. The fourth-order valence-electron chi connectivity index (χ4n) is 2.23. The first kappa shape index (κ1) is 14.1. The maximum atomic E-state index is 12.1. The summed E-state index contributed by atoms with van der Waals surface area (Å²) in [5.41, 5.74) is 0.938. The second kappa shape index (κ2) is 5.85. The molecule has 1 heterocycles. The van der Waals surface area contributed by atoms with Crippen LogP contribution >= 0.6 is 22.6 Å². The number of rotatable bonds is 4. The van der Waals surface area contributed by atoms with Gasteiger partial charge in [-0.2, -0.15) is 0 Å². The molecule has 0 saturated carbocycles. The van der Waals surface area contributed by atoms with Crippen LogP contribution in [-0.2, 0) is 0 Å². The largest absolute Gasteiger partial charge is 0.492 e. The van der Waals surface area contributed by atoms with Crippen molar-refractivity contribution in [3.8, 4) is 5.75 Å². The summed E-state index contributed by atoms with van der Waals surface area (Å²) in [7, 11) is 0. The smallest absolute Gasteiger partial charge is 0.261 e. The Balaban J connectivity index is 1.63. The second-order valence-electron chi connectivity index (χ2n) is 4.61. The topological polar surface area (TPSA) is 46.6 Å². The fraction of sp³-hybridized carbons (Fsp3) is 0.125. The molecule has 1 aliphatic rings. The van der Waals surface area contributed by atoms with E-state index in [0.29, 0.717) is 11.1 Å². The third-order valence-electron chi connectivity index (χ3n) is 3.28. The van der Waals surface area contributed by atoms with Crippen molar-refractivity contribution in [2.75, 3.05) is 13.2 Å². The first-order valence-corrected chi connectivity index (χ1v) is 7.58. The normalized spacial score (nSPS) is 13.5. The summed E-state index contributed by atoms with van der Waals surface area (Å²) in [4.78, 5) is 25.5. The number of nitrogens with zero attached hydrogens (tertiary/aromatic N) is 1. The third-order valence-corrected chi connectivity index (χ3v) is 3.99. The predicted octanol–water partition coefficient (Wildman–Crippen LogP) is 2.97. The molecule has 0 aliphatic carbocycles. The quantitative estimate of drug-likeness (QED) is 0.593. The van der Waals surface area contributed by atoms with Crippen LogP contribution in [0.25, 0.3) is 0 Å². The van der Waals surface area contributed by atoms with Crippen molar-refractivity contribution in [3.05, 3.63) is 63.2 Å². The molecule has 106 valence electrons. The molecule has 2 aromatic rings. The van der Waals surface area contributed by atoms with Crippen molar-refractivity contribution in [2.24, 2.45) is 0 Å². The van der Waals surface area contributed by atoms with Crippen molar-refractivity contribution in [1.29, 1.82) is 0 Å². The zero-order valence-corrected chi connectivity index (χ0v) is 13.2. The minimum atomic E-state index is -0.248. The van der Waals surface area contributed by atoms with Gasteiger partial charge in [-0.05, 0) is 59.0 Å². The van der Waals surface area contributed by atoms with E-state index in [1.165, 1.54) is 4.90 Å². The van der Waals surface area contributed by atoms with E-state index >= 15 is 0 Å². The van der Waals surface area contributed by atoms with Crippen molar-refractivity contribution >= 4 is 34.4 Å². The van der Waals surface area contributed by atoms with Crippen LogP contribution in [0.4, 0.5) is 0 Å².